The number of hydrogen-bond donors (Lipinski definition) is 3. The first-order chi connectivity index (χ1) is 26.7. The molecule has 1 aromatic carbocycles. The van der Waals surface area contributed by atoms with Crippen LogP contribution in [0.25, 0.3) is 10.9 Å². The van der Waals surface area contributed by atoms with Crippen LogP contribution in [0.5, 0.6) is 5.75 Å². The number of urea groups is 1. The maximum Gasteiger partial charge on any atom is 0.415 e. The Kier molecular flexibility index (Phi) is 11.6. The van der Waals surface area contributed by atoms with Crippen LogP contribution in [0.2, 0.25) is 0 Å². The second kappa shape index (κ2) is 16.2. The van der Waals surface area contributed by atoms with E-state index in [4.69, 9.17) is 14.5 Å². The second-order valence-electron chi connectivity index (χ2n) is 17.8. The lowest BCUT2D eigenvalue weighted by Crippen LogP contribution is -2.56. The number of ether oxygens (including phenoxy) is 2. The van der Waals surface area contributed by atoms with Crippen molar-refractivity contribution in [3.8, 4) is 5.75 Å². The molecule has 304 valence electrons. The van der Waals surface area contributed by atoms with E-state index in [9.17, 15) is 19.2 Å². The summed E-state index contributed by atoms with van der Waals surface area (Å²) in [6.07, 6.45) is 14.5. The number of benzene rings is 1. The fourth-order valence-electron chi connectivity index (χ4n) is 8.55. The number of halogens is 1. The largest absolute Gasteiger partial charge is 0.483 e. The van der Waals surface area contributed by atoms with Gasteiger partial charge < -0.3 is 19.7 Å². The van der Waals surface area contributed by atoms with Crippen molar-refractivity contribution in [2.24, 2.45) is 11.3 Å². The third kappa shape index (κ3) is 8.82. The van der Waals surface area contributed by atoms with E-state index < -0.39 is 35.7 Å². The molecular weight excluding hydrogens is 734 g/mol. The molecule has 56 heavy (non-hydrogen) atoms. The molecule has 3 aliphatic carbocycles. The Morgan fingerprint density at radius 3 is 2.59 bits per heavy atom. The first-order valence-corrected chi connectivity index (χ1v) is 21.6. The molecule has 13 heteroatoms. The van der Waals surface area contributed by atoms with Gasteiger partial charge in [0.25, 0.3) is 5.91 Å². The smallest absolute Gasteiger partial charge is 0.415 e. The monoisotopic (exact) mass is 791 g/mol. The van der Waals surface area contributed by atoms with Gasteiger partial charge in [-0.15, -0.1) is 0 Å². The number of pyridine rings is 1. The zero-order chi connectivity index (χ0) is 39.8. The molecule has 3 heterocycles. The lowest BCUT2D eigenvalue weighted by Gasteiger charge is -2.37. The number of aryl methyl sites for hydroxylation is 1. The van der Waals surface area contributed by atoms with Crippen molar-refractivity contribution in [2.45, 2.75) is 159 Å². The van der Waals surface area contributed by atoms with Crippen molar-refractivity contribution in [1.29, 1.82) is 0 Å². The molecule has 0 radical (unpaired) electrons. The number of nitrogens with one attached hydrogen (secondary N) is 3. The number of nitrogens with zero attached hydrogens (tertiary/aromatic N) is 2. The average molecular weight is 792 g/mol. The lowest BCUT2D eigenvalue weighted by atomic mass is 9.86. The van der Waals surface area contributed by atoms with Gasteiger partial charge in [0.1, 0.15) is 40.9 Å². The van der Waals surface area contributed by atoms with Gasteiger partial charge in [-0.25, -0.2) is 24.3 Å². The second-order valence-corrected chi connectivity index (χ2v) is 19.2. The number of rotatable bonds is 13. The van der Waals surface area contributed by atoms with Crippen LogP contribution >= 0.6 is 11.9 Å². The average Bonchev–Trinajstić information content (AvgIpc) is 4.08. The summed E-state index contributed by atoms with van der Waals surface area (Å²) in [5, 5.41) is 6.13. The number of carbonyl (C=O) groups is 4. The number of hydrogen-bond acceptors (Lipinski definition) is 8. The Hall–Kier alpha value is -3.87. The molecule has 2 aliphatic heterocycles. The number of allylic oxidation sites excluding steroid dienone is 1. The first kappa shape index (κ1) is 40.3. The van der Waals surface area contributed by atoms with E-state index in [1.165, 1.54) is 22.9 Å². The standard InChI is InChI=1S/C43H58FN5O6S/c1-6-7-8-9-10-13-26(2)33(38(51)48-56-42(5)22-23-42)46-37(50)31-24-43(25-49(31)39(52)47-40(53)54-32-16-12-20-41(32,3)4)21-19-29-28-14-11-15-30(44)35(28)45-34(27-17-18-27)36(29)55-43/h10-11,13-15,26-27,31-33H,6-9,12,16-25H2,1-5H3,(H,46,50)(H,48,51)(H,47,52,53)/b13-10-/t26-,31?,32?,33?,43+/m0/s1. The summed E-state index contributed by atoms with van der Waals surface area (Å²) in [4.78, 5) is 61.8. The van der Waals surface area contributed by atoms with Gasteiger partial charge in [-0.3, -0.25) is 14.3 Å². The van der Waals surface area contributed by atoms with Gasteiger partial charge in [0.2, 0.25) is 5.91 Å². The molecule has 3 N–H and O–H groups in total. The predicted molar refractivity (Wildman–Crippen MR) is 215 cm³/mol. The number of para-hydroxylation sites is 1. The zero-order valence-corrected chi connectivity index (χ0v) is 34.3. The topological polar surface area (TPSA) is 139 Å². The minimum Gasteiger partial charge on any atom is -0.483 e. The summed E-state index contributed by atoms with van der Waals surface area (Å²) < 4.78 is 30.7. The van der Waals surface area contributed by atoms with Crippen LogP contribution in [-0.2, 0) is 20.7 Å². The van der Waals surface area contributed by atoms with Crippen molar-refractivity contribution in [1.82, 2.24) is 25.2 Å². The summed E-state index contributed by atoms with van der Waals surface area (Å²) in [7, 11) is 0. The van der Waals surface area contributed by atoms with E-state index in [-0.39, 0.29) is 52.8 Å². The number of unbranched alkanes of at least 4 members (excludes halogenated alkanes) is 3. The molecule has 7 rings (SSSR count). The summed E-state index contributed by atoms with van der Waals surface area (Å²) in [5.41, 5.74) is 0.715. The fourth-order valence-corrected chi connectivity index (χ4v) is 9.33. The minimum absolute atomic E-state index is 0.0155. The molecule has 5 atom stereocenters. The van der Waals surface area contributed by atoms with Crippen LogP contribution in [0.15, 0.2) is 30.4 Å². The molecule has 5 aliphatic rings. The minimum atomic E-state index is -1.06. The van der Waals surface area contributed by atoms with Crippen LogP contribution in [-0.4, -0.2) is 68.9 Å². The van der Waals surface area contributed by atoms with Crippen LogP contribution in [0, 0.1) is 17.2 Å². The molecular formula is C43H58FN5O6S. The number of amides is 5. The fraction of sp³-hybridized carbons (Fsp3) is 0.651. The van der Waals surface area contributed by atoms with Crippen LogP contribution in [0.3, 0.4) is 0 Å². The van der Waals surface area contributed by atoms with E-state index in [1.807, 2.05) is 32.9 Å². The Labute approximate surface area is 334 Å². The van der Waals surface area contributed by atoms with E-state index in [1.54, 1.807) is 6.07 Å². The number of carbonyl (C=O) groups excluding carboxylic acids is 4. The van der Waals surface area contributed by atoms with Crippen molar-refractivity contribution in [3.05, 3.63) is 47.4 Å². The number of imide groups is 1. The van der Waals surface area contributed by atoms with Crippen molar-refractivity contribution in [3.63, 3.8) is 0 Å². The maximum atomic E-state index is 15.0. The number of aromatic nitrogens is 1. The molecule has 3 unspecified atom stereocenters. The molecule has 2 aromatic rings. The van der Waals surface area contributed by atoms with Crippen LogP contribution in [0.4, 0.5) is 14.0 Å². The van der Waals surface area contributed by atoms with Gasteiger partial charge in [0.15, 0.2) is 0 Å². The van der Waals surface area contributed by atoms with Crippen molar-refractivity contribution < 1.29 is 33.0 Å². The van der Waals surface area contributed by atoms with E-state index in [0.29, 0.717) is 41.6 Å². The summed E-state index contributed by atoms with van der Waals surface area (Å²) in [6, 6.07) is 2.21. The van der Waals surface area contributed by atoms with Crippen molar-refractivity contribution >= 4 is 46.8 Å². The van der Waals surface area contributed by atoms with Crippen LogP contribution in [0.1, 0.15) is 135 Å². The summed E-state index contributed by atoms with van der Waals surface area (Å²) in [6.45, 7) is 10.3. The molecule has 1 spiro atoms. The molecule has 5 amide bonds. The SMILES string of the molecule is CCCCC/C=C\[C@H](C)C(NC(=O)C1C[C@]2(CCc3c(c(C4CC4)nc4c(F)cccc34)O2)CN1C(=O)NC(=O)OC1CCCC1(C)C)C(=O)NSC1(C)CC1. The molecule has 4 fully saturated rings. The Bertz CT molecular complexity index is 1880. The Morgan fingerprint density at radius 1 is 1.11 bits per heavy atom. The highest BCUT2D eigenvalue weighted by molar-refractivity contribution is 7.99. The van der Waals surface area contributed by atoms with Crippen LogP contribution < -0.4 is 20.1 Å². The molecule has 11 nitrogen and oxygen atoms in total. The number of likely N-dealkylation sites (tertiary alicyclic amines) is 1. The Morgan fingerprint density at radius 2 is 1.89 bits per heavy atom. The van der Waals surface area contributed by atoms with Gasteiger partial charge in [-0.05, 0) is 95.6 Å². The molecule has 0 bridgehead atoms. The third-order valence-corrected chi connectivity index (χ3v) is 13.8. The molecule has 3 saturated carbocycles. The van der Waals surface area contributed by atoms with E-state index in [2.05, 4.69) is 35.3 Å². The third-order valence-electron chi connectivity index (χ3n) is 12.6. The van der Waals surface area contributed by atoms with Gasteiger partial charge in [0, 0.05) is 39.4 Å². The van der Waals surface area contributed by atoms with Gasteiger partial charge in [0.05, 0.1) is 12.2 Å². The highest BCUT2D eigenvalue weighted by atomic mass is 32.2. The lowest BCUT2D eigenvalue weighted by molar-refractivity contribution is -0.130. The highest BCUT2D eigenvalue weighted by Gasteiger charge is 2.54. The first-order valence-electron chi connectivity index (χ1n) is 20.7. The summed E-state index contributed by atoms with van der Waals surface area (Å²) >= 11 is 1.39. The highest BCUT2D eigenvalue weighted by Crippen LogP contribution is 2.51. The zero-order valence-electron chi connectivity index (χ0n) is 33.5. The van der Waals surface area contributed by atoms with Gasteiger partial charge in [-0.1, -0.05) is 64.8 Å². The predicted octanol–water partition coefficient (Wildman–Crippen LogP) is 8.39. The number of fused-ring (bicyclic) bond motifs is 3. The number of alkyl carbamates (subject to hydrolysis) is 1. The van der Waals surface area contributed by atoms with E-state index in [0.717, 1.165) is 69.8 Å². The van der Waals surface area contributed by atoms with Crippen molar-refractivity contribution in [2.75, 3.05) is 6.54 Å². The van der Waals surface area contributed by atoms with Gasteiger partial charge in [-0.2, -0.15) is 0 Å². The Balaban J connectivity index is 1.16. The molecule has 1 aromatic heterocycles. The quantitative estimate of drug-likeness (QED) is 0.105. The van der Waals surface area contributed by atoms with E-state index >= 15 is 4.39 Å². The maximum absolute atomic E-state index is 15.0. The molecule has 1 saturated heterocycles. The van der Waals surface area contributed by atoms with Gasteiger partial charge >= 0.3 is 12.1 Å². The normalized spacial score (nSPS) is 25.7. The summed E-state index contributed by atoms with van der Waals surface area (Å²) in [5.74, 6) is -0.791.